The summed E-state index contributed by atoms with van der Waals surface area (Å²) >= 11 is 0. The number of esters is 1. The normalized spacial score (nSPS) is 20.2. The second kappa shape index (κ2) is 7.87. The number of nitrogens with zero attached hydrogens (tertiary/aromatic N) is 1. The first-order valence-electron chi connectivity index (χ1n) is 8.05. The number of carbonyl (C=O) groups is 3. The van der Waals surface area contributed by atoms with E-state index in [2.05, 4.69) is 5.32 Å². The summed E-state index contributed by atoms with van der Waals surface area (Å²) in [5.41, 5.74) is 0.545. The third-order valence-corrected chi connectivity index (χ3v) is 4.43. The molecule has 0 spiro atoms. The van der Waals surface area contributed by atoms with Crippen LogP contribution in [0.4, 0.5) is 5.69 Å². The van der Waals surface area contributed by atoms with Crippen molar-refractivity contribution in [3.63, 3.8) is 0 Å². The van der Waals surface area contributed by atoms with Crippen LogP contribution in [0.1, 0.15) is 32.3 Å². The molecule has 0 radical (unpaired) electrons. The van der Waals surface area contributed by atoms with E-state index >= 15 is 0 Å². The van der Waals surface area contributed by atoms with Crippen LogP contribution in [0.5, 0.6) is 0 Å². The molecule has 1 fully saturated rings. The molecule has 8 heteroatoms. The van der Waals surface area contributed by atoms with Gasteiger partial charge in [-0.1, -0.05) is 13.8 Å². The Bertz CT molecular complexity index is 685. The van der Waals surface area contributed by atoms with Gasteiger partial charge in [-0.2, -0.15) is 0 Å². The number of hydrogen-bond acceptors (Lipinski definition) is 6. The molecule has 1 N–H and O–H groups in total. The maximum Gasteiger partial charge on any atom is 0.313 e. The van der Waals surface area contributed by atoms with Crippen molar-refractivity contribution in [1.29, 1.82) is 0 Å². The van der Waals surface area contributed by atoms with Crippen LogP contribution in [-0.4, -0.2) is 28.6 Å². The fraction of sp³-hybridized carbons (Fsp3) is 0.471. The molecule has 2 rings (SSSR count). The lowest BCUT2D eigenvalue weighted by molar-refractivity contribution is -0.384. The van der Waals surface area contributed by atoms with Gasteiger partial charge in [-0.15, -0.1) is 0 Å². The summed E-state index contributed by atoms with van der Waals surface area (Å²) in [7, 11) is 0. The van der Waals surface area contributed by atoms with Gasteiger partial charge < -0.3 is 10.1 Å². The van der Waals surface area contributed by atoms with Crippen molar-refractivity contribution in [3.05, 3.63) is 39.9 Å². The Hall–Kier alpha value is -2.77. The zero-order valence-electron chi connectivity index (χ0n) is 14.1. The largest absolute Gasteiger partial charge is 0.460 e. The van der Waals surface area contributed by atoms with E-state index < -0.39 is 16.8 Å². The van der Waals surface area contributed by atoms with Crippen molar-refractivity contribution in [2.45, 2.75) is 39.3 Å². The number of ether oxygens (including phenoxy) is 1. The van der Waals surface area contributed by atoms with Gasteiger partial charge in [-0.3, -0.25) is 24.5 Å². The molecule has 1 aliphatic heterocycles. The van der Waals surface area contributed by atoms with Gasteiger partial charge in [0, 0.05) is 24.1 Å². The standard InChI is InChI=1S/C17H20N2O6/c1-3-13-16(18-17(13)22)10(2)14(20)8-15(21)25-9-11-4-6-12(7-5-11)19(23)24/h4-7,10,13,16H,3,8-9H2,1-2H3,(H,18,22)/t10-,13+,16+/m0/s1. The number of Topliss-reactive ketones (excluding diaryl/α,β-unsaturated/α-hetero) is 1. The highest BCUT2D eigenvalue weighted by Gasteiger charge is 2.43. The Morgan fingerprint density at radius 1 is 1.32 bits per heavy atom. The molecule has 3 atom stereocenters. The zero-order valence-corrected chi connectivity index (χ0v) is 14.1. The molecule has 0 unspecified atom stereocenters. The van der Waals surface area contributed by atoms with Crippen LogP contribution in [0.3, 0.4) is 0 Å². The lowest BCUT2D eigenvalue weighted by Crippen LogP contribution is -2.62. The number of benzene rings is 1. The molecule has 1 saturated heterocycles. The quantitative estimate of drug-likeness (QED) is 0.252. The highest BCUT2D eigenvalue weighted by Crippen LogP contribution is 2.26. The lowest BCUT2D eigenvalue weighted by Gasteiger charge is -2.39. The first kappa shape index (κ1) is 18.6. The smallest absolute Gasteiger partial charge is 0.313 e. The first-order chi connectivity index (χ1) is 11.8. The molecule has 0 saturated carbocycles. The maximum atomic E-state index is 12.2. The number of non-ortho nitro benzene ring substituents is 1. The van der Waals surface area contributed by atoms with E-state index in [0.717, 1.165) is 0 Å². The van der Waals surface area contributed by atoms with Crippen LogP contribution in [0.2, 0.25) is 0 Å². The van der Waals surface area contributed by atoms with Crippen molar-refractivity contribution in [2.75, 3.05) is 0 Å². The maximum absolute atomic E-state index is 12.2. The monoisotopic (exact) mass is 348 g/mol. The van der Waals surface area contributed by atoms with Gasteiger partial charge >= 0.3 is 5.97 Å². The average molecular weight is 348 g/mol. The van der Waals surface area contributed by atoms with Gasteiger partial charge in [0.1, 0.15) is 18.8 Å². The van der Waals surface area contributed by atoms with E-state index in [4.69, 9.17) is 4.74 Å². The summed E-state index contributed by atoms with van der Waals surface area (Å²) in [5, 5.41) is 13.3. The van der Waals surface area contributed by atoms with E-state index in [0.29, 0.717) is 12.0 Å². The van der Waals surface area contributed by atoms with Crippen LogP contribution in [0.15, 0.2) is 24.3 Å². The number of amides is 1. The molecular weight excluding hydrogens is 328 g/mol. The van der Waals surface area contributed by atoms with Crippen LogP contribution in [-0.2, 0) is 25.7 Å². The molecule has 0 bridgehead atoms. The van der Waals surface area contributed by atoms with Crippen LogP contribution >= 0.6 is 0 Å². The topological polar surface area (TPSA) is 116 Å². The number of ketones is 1. The predicted octanol–water partition coefficient (Wildman–Crippen LogP) is 1.76. The summed E-state index contributed by atoms with van der Waals surface area (Å²) < 4.78 is 5.04. The van der Waals surface area contributed by atoms with E-state index in [1.807, 2.05) is 6.92 Å². The summed E-state index contributed by atoms with van der Waals surface area (Å²) in [6.45, 7) is 3.51. The highest BCUT2D eigenvalue weighted by atomic mass is 16.6. The minimum absolute atomic E-state index is 0.0490. The molecule has 1 aliphatic rings. The molecule has 1 heterocycles. The predicted molar refractivity (Wildman–Crippen MR) is 87.4 cm³/mol. The van der Waals surface area contributed by atoms with Crippen LogP contribution in [0, 0.1) is 22.0 Å². The summed E-state index contributed by atoms with van der Waals surface area (Å²) in [6.07, 6.45) is 0.287. The molecule has 1 aromatic rings. The molecular formula is C17H20N2O6. The highest BCUT2D eigenvalue weighted by molar-refractivity contribution is 5.98. The van der Waals surface area contributed by atoms with Gasteiger partial charge in [0.15, 0.2) is 0 Å². The van der Waals surface area contributed by atoms with Crippen molar-refractivity contribution < 1.29 is 24.0 Å². The third kappa shape index (κ3) is 4.40. The minimum atomic E-state index is -0.658. The molecule has 134 valence electrons. The number of rotatable bonds is 8. The first-order valence-corrected chi connectivity index (χ1v) is 8.05. The van der Waals surface area contributed by atoms with Gasteiger partial charge in [-0.25, -0.2) is 0 Å². The number of hydrogen-bond donors (Lipinski definition) is 1. The molecule has 1 aromatic carbocycles. The van der Waals surface area contributed by atoms with E-state index in [1.54, 1.807) is 6.92 Å². The van der Waals surface area contributed by atoms with E-state index in [-0.39, 0.29) is 42.4 Å². The van der Waals surface area contributed by atoms with E-state index in [9.17, 15) is 24.5 Å². The second-order valence-corrected chi connectivity index (χ2v) is 6.07. The summed E-state index contributed by atoms with van der Waals surface area (Å²) in [6, 6.07) is 5.39. The molecule has 0 aromatic heterocycles. The number of nitro benzene ring substituents is 1. The molecule has 0 aliphatic carbocycles. The van der Waals surface area contributed by atoms with Gasteiger partial charge in [0.05, 0.1) is 10.8 Å². The van der Waals surface area contributed by atoms with Crippen molar-refractivity contribution in [2.24, 2.45) is 11.8 Å². The number of β-lactam (4-membered cyclic amide) rings is 1. The molecule has 25 heavy (non-hydrogen) atoms. The van der Waals surface area contributed by atoms with Crippen LogP contribution in [0.25, 0.3) is 0 Å². The summed E-state index contributed by atoms with van der Waals surface area (Å²) in [4.78, 5) is 45.4. The lowest BCUT2D eigenvalue weighted by atomic mass is 9.78. The zero-order chi connectivity index (χ0) is 18.6. The number of nitro groups is 1. The number of carbonyl (C=O) groups excluding carboxylic acids is 3. The van der Waals surface area contributed by atoms with Gasteiger partial charge in [0.25, 0.3) is 5.69 Å². The van der Waals surface area contributed by atoms with Crippen LogP contribution < -0.4 is 5.32 Å². The van der Waals surface area contributed by atoms with Gasteiger partial charge in [0.2, 0.25) is 5.91 Å². The Labute approximate surface area is 144 Å². The Morgan fingerprint density at radius 2 is 1.96 bits per heavy atom. The Balaban J connectivity index is 1.80. The van der Waals surface area contributed by atoms with Crippen molar-refractivity contribution in [3.8, 4) is 0 Å². The fourth-order valence-corrected chi connectivity index (χ4v) is 2.78. The fourth-order valence-electron chi connectivity index (χ4n) is 2.78. The Kier molecular flexibility index (Phi) is 5.84. The Morgan fingerprint density at radius 3 is 2.48 bits per heavy atom. The third-order valence-electron chi connectivity index (χ3n) is 4.43. The molecule has 8 nitrogen and oxygen atoms in total. The van der Waals surface area contributed by atoms with Crippen molar-refractivity contribution in [1.82, 2.24) is 5.32 Å². The van der Waals surface area contributed by atoms with Gasteiger partial charge in [-0.05, 0) is 24.1 Å². The summed E-state index contributed by atoms with van der Waals surface area (Å²) in [5.74, 6) is -1.64. The second-order valence-electron chi connectivity index (χ2n) is 6.07. The number of nitrogens with one attached hydrogen (secondary N) is 1. The minimum Gasteiger partial charge on any atom is -0.460 e. The average Bonchev–Trinajstić information content (AvgIpc) is 2.57. The molecule has 1 amide bonds. The SMILES string of the molecule is CC[C@H]1C(=O)N[C@@H]1[C@@H](C)C(=O)CC(=O)OCc1ccc([N+](=O)[O-])cc1. The van der Waals surface area contributed by atoms with Crippen molar-refractivity contribution >= 4 is 23.3 Å². The van der Waals surface area contributed by atoms with E-state index in [1.165, 1.54) is 24.3 Å².